The molecule has 0 spiro atoms. The fraction of sp³-hybridized carbons (Fsp3) is 0.148. The normalized spacial score (nSPS) is 15.8. The molecular formula is C61H54N2. The molecule has 0 heterocycles. The van der Waals surface area contributed by atoms with Crippen LogP contribution in [0.3, 0.4) is 0 Å². The number of anilines is 6. The van der Waals surface area contributed by atoms with Crippen LogP contribution in [-0.2, 0) is 12.8 Å². The molecule has 8 aromatic rings. The molecule has 2 atom stereocenters. The van der Waals surface area contributed by atoms with Crippen LogP contribution in [0, 0.1) is 18.8 Å². The first-order valence-corrected chi connectivity index (χ1v) is 22.6. The molecule has 63 heavy (non-hydrogen) atoms. The molecular weight excluding hydrogens is 761 g/mol. The summed E-state index contributed by atoms with van der Waals surface area (Å²) in [5, 5.41) is 0. The van der Waals surface area contributed by atoms with Crippen LogP contribution in [0.5, 0.6) is 0 Å². The van der Waals surface area contributed by atoms with Crippen molar-refractivity contribution in [2.45, 2.75) is 46.5 Å². The van der Waals surface area contributed by atoms with Crippen LogP contribution in [0.15, 0.2) is 212 Å². The SMILES string of the molecule is CC(=CCC1Cc2cccc(c2)-c2cccc(c2)C2=C(C)c3cc(N(c4ccccc4)c4ccccc4)ccc3CC2C1)c1cc(N(c2ccccc2)c2ccccc2)ccc1C. The van der Waals surface area contributed by atoms with Gasteiger partial charge < -0.3 is 9.80 Å². The lowest BCUT2D eigenvalue weighted by Crippen LogP contribution is -2.20. The Balaban J connectivity index is 1.02. The summed E-state index contributed by atoms with van der Waals surface area (Å²) in [6, 6.07) is 75.8. The molecule has 8 aromatic carbocycles. The summed E-state index contributed by atoms with van der Waals surface area (Å²) in [5.74, 6) is 0.851. The molecule has 2 unspecified atom stereocenters. The van der Waals surface area contributed by atoms with E-state index in [2.05, 4.69) is 243 Å². The summed E-state index contributed by atoms with van der Waals surface area (Å²) in [7, 11) is 0. The largest absolute Gasteiger partial charge is 0.310 e. The third-order valence-corrected chi connectivity index (χ3v) is 13.3. The standard InChI is InChI=1S/C61H54N2/c1-43(59-41-57(34-31-44(59)2)62(53-22-8-4-9-23-53)54-24-10-5-11-25-54)30-32-47-36-46-18-16-19-48(37-46)49-20-17-21-51(39-49)61-45(3)60-42-58(35-33-50(60)40-52(61)38-47)63(55-26-12-6-13-27-55)56-28-14-7-15-29-56/h4-31,33-35,37,39,41-42,47,52H,32,36,38,40H2,1-3H3. The summed E-state index contributed by atoms with van der Waals surface area (Å²) in [6.45, 7) is 6.95. The van der Waals surface area contributed by atoms with Crippen molar-refractivity contribution in [2.24, 2.45) is 11.8 Å². The maximum atomic E-state index is 2.54. The minimum atomic E-state index is 0.392. The van der Waals surface area contributed by atoms with Gasteiger partial charge in [-0.1, -0.05) is 133 Å². The van der Waals surface area contributed by atoms with Crippen LogP contribution >= 0.6 is 0 Å². The maximum absolute atomic E-state index is 2.54. The molecule has 2 aliphatic carbocycles. The van der Waals surface area contributed by atoms with E-state index in [0.717, 1.165) is 48.4 Å². The highest BCUT2D eigenvalue weighted by Crippen LogP contribution is 2.47. The van der Waals surface area contributed by atoms with Gasteiger partial charge in [0.15, 0.2) is 0 Å². The molecule has 0 amide bonds. The van der Waals surface area contributed by atoms with Gasteiger partial charge in [0.05, 0.1) is 0 Å². The first-order chi connectivity index (χ1) is 31.0. The van der Waals surface area contributed by atoms with Crippen molar-refractivity contribution in [3.8, 4) is 11.1 Å². The van der Waals surface area contributed by atoms with Gasteiger partial charge in [0, 0.05) is 34.1 Å². The van der Waals surface area contributed by atoms with E-state index in [1.165, 1.54) is 72.6 Å². The Bertz CT molecular complexity index is 2850. The van der Waals surface area contributed by atoms with E-state index in [0.29, 0.717) is 11.8 Å². The van der Waals surface area contributed by atoms with Gasteiger partial charge in [-0.15, -0.1) is 0 Å². The number of nitrogens with zero attached hydrogens (tertiary/aromatic N) is 2. The molecule has 2 aliphatic rings. The molecule has 0 saturated heterocycles. The average Bonchev–Trinajstić information content (AvgIpc) is 3.34. The Kier molecular flexibility index (Phi) is 11.2. The van der Waals surface area contributed by atoms with E-state index < -0.39 is 0 Å². The van der Waals surface area contributed by atoms with Crippen molar-refractivity contribution in [2.75, 3.05) is 9.80 Å². The minimum absolute atomic E-state index is 0.392. The Morgan fingerprint density at radius 2 is 1.02 bits per heavy atom. The van der Waals surface area contributed by atoms with Crippen molar-refractivity contribution in [1.82, 2.24) is 0 Å². The summed E-state index contributed by atoms with van der Waals surface area (Å²) in [4.78, 5) is 4.75. The fourth-order valence-corrected chi connectivity index (χ4v) is 10.3. The highest BCUT2D eigenvalue weighted by molar-refractivity contribution is 5.96. The highest BCUT2D eigenvalue weighted by Gasteiger charge is 2.30. The van der Waals surface area contributed by atoms with E-state index in [1.807, 2.05) is 0 Å². The first kappa shape index (κ1) is 39.9. The maximum Gasteiger partial charge on any atom is 0.0467 e. The number of rotatable bonds is 9. The Hall–Kier alpha value is -7.16. The lowest BCUT2D eigenvalue weighted by molar-refractivity contribution is 0.420. The van der Waals surface area contributed by atoms with Gasteiger partial charge in [-0.25, -0.2) is 0 Å². The molecule has 0 aromatic heterocycles. The van der Waals surface area contributed by atoms with Crippen LogP contribution < -0.4 is 9.80 Å². The number of para-hydroxylation sites is 4. The molecule has 0 aliphatic heterocycles. The van der Waals surface area contributed by atoms with Gasteiger partial charge in [0.25, 0.3) is 0 Å². The molecule has 0 saturated carbocycles. The van der Waals surface area contributed by atoms with E-state index >= 15 is 0 Å². The topological polar surface area (TPSA) is 6.48 Å². The number of hydrogen-bond donors (Lipinski definition) is 0. The summed E-state index contributed by atoms with van der Waals surface area (Å²) < 4.78 is 0. The molecule has 2 nitrogen and oxygen atoms in total. The molecule has 0 fully saturated rings. The number of aryl methyl sites for hydroxylation is 1. The van der Waals surface area contributed by atoms with Crippen LogP contribution in [0.2, 0.25) is 0 Å². The third-order valence-electron chi connectivity index (χ3n) is 13.3. The minimum Gasteiger partial charge on any atom is -0.310 e. The van der Waals surface area contributed by atoms with Crippen LogP contribution in [0.4, 0.5) is 34.1 Å². The number of allylic oxidation sites excluding steroid dienone is 4. The molecule has 4 bridgehead atoms. The number of hydrogen-bond acceptors (Lipinski definition) is 2. The zero-order valence-corrected chi connectivity index (χ0v) is 36.6. The molecule has 10 rings (SSSR count). The van der Waals surface area contributed by atoms with Gasteiger partial charge in [-0.2, -0.15) is 0 Å². The monoisotopic (exact) mass is 814 g/mol. The van der Waals surface area contributed by atoms with E-state index in [4.69, 9.17) is 0 Å². The van der Waals surface area contributed by atoms with Gasteiger partial charge in [-0.3, -0.25) is 0 Å². The predicted molar refractivity (Wildman–Crippen MR) is 269 cm³/mol. The zero-order valence-electron chi connectivity index (χ0n) is 36.6. The first-order valence-electron chi connectivity index (χ1n) is 22.6. The van der Waals surface area contributed by atoms with Crippen molar-refractivity contribution in [1.29, 1.82) is 0 Å². The Labute approximate surface area is 374 Å². The number of fused-ring (bicyclic) bond motifs is 8. The highest BCUT2D eigenvalue weighted by atomic mass is 15.1. The molecule has 2 heteroatoms. The van der Waals surface area contributed by atoms with Crippen molar-refractivity contribution < 1.29 is 0 Å². The smallest absolute Gasteiger partial charge is 0.0467 e. The van der Waals surface area contributed by atoms with Crippen LogP contribution in [0.1, 0.15) is 60.1 Å². The van der Waals surface area contributed by atoms with Crippen LogP contribution in [-0.4, -0.2) is 0 Å². The third kappa shape index (κ3) is 8.30. The second-order valence-corrected chi connectivity index (χ2v) is 17.5. The molecule has 308 valence electrons. The summed E-state index contributed by atoms with van der Waals surface area (Å²) in [5.41, 5.74) is 21.9. The number of benzene rings is 8. The Morgan fingerprint density at radius 1 is 0.492 bits per heavy atom. The van der Waals surface area contributed by atoms with Crippen molar-refractivity contribution in [3.63, 3.8) is 0 Å². The van der Waals surface area contributed by atoms with Crippen molar-refractivity contribution in [3.05, 3.63) is 246 Å². The zero-order chi connectivity index (χ0) is 42.7. The Morgan fingerprint density at radius 3 is 1.62 bits per heavy atom. The predicted octanol–water partition coefficient (Wildman–Crippen LogP) is 16.8. The van der Waals surface area contributed by atoms with Gasteiger partial charge in [-0.05, 0) is 198 Å². The average molecular weight is 815 g/mol. The van der Waals surface area contributed by atoms with Gasteiger partial charge in [0.1, 0.15) is 0 Å². The summed E-state index contributed by atoms with van der Waals surface area (Å²) >= 11 is 0. The lowest BCUT2D eigenvalue weighted by Gasteiger charge is -2.34. The fourth-order valence-electron chi connectivity index (χ4n) is 10.3. The van der Waals surface area contributed by atoms with Gasteiger partial charge >= 0.3 is 0 Å². The van der Waals surface area contributed by atoms with E-state index in [1.54, 1.807) is 0 Å². The quantitative estimate of drug-likeness (QED) is 0.143. The van der Waals surface area contributed by atoms with E-state index in [-0.39, 0.29) is 0 Å². The molecule has 0 radical (unpaired) electrons. The van der Waals surface area contributed by atoms with Crippen molar-refractivity contribution >= 4 is 50.8 Å². The second-order valence-electron chi connectivity index (χ2n) is 17.5. The second kappa shape index (κ2) is 17.7. The summed E-state index contributed by atoms with van der Waals surface area (Å²) in [6.07, 6.45) is 6.73. The van der Waals surface area contributed by atoms with E-state index in [9.17, 15) is 0 Å². The molecule has 0 N–H and O–H groups in total. The lowest BCUT2D eigenvalue weighted by atomic mass is 9.72. The van der Waals surface area contributed by atoms with Gasteiger partial charge in [0.2, 0.25) is 0 Å². The van der Waals surface area contributed by atoms with Crippen LogP contribution in [0.25, 0.3) is 27.8 Å².